The Labute approximate surface area is 119 Å². The van der Waals surface area contributed by atoms with Crippen LogP contribution in [0.3, 0.4) is 0 Å². The summed E-state index contributed by atoms with van der Waals surface area (Å²) in [6.45, 7) is 2.82. The second kappa shape index (κ2) is 6.07. The molecular weight excluding hydrogens is 254 g/mol. The SMILES string of the molecule is CCCn1ncc(OC)c1C(O)(CN)c1ccccc1. The number of nitrogens with two attached hydrogens (primary N) is 1. The zero-order valence-corrected chi connectivity index (χ0v) is 11.9. The molecule has 0 aliphatic carbocycles. The lowest BCUT2D eigenvalue weighted by Crippen LogP contribution is -2.38. The van der Waals surface area contributed by atoms with Crippen molar-refractivity contribution in [1.29, 1.82) is 0 Å². The van der Waals surface area contributed by atoms with Gasteiger partial charge in [-0.25, -0.2) is 0 Å². The van der Waals surface area contributed by atoms with Gasteiger partial charge in [0, 0.05) is 13.1 Å². The van der Waals surface area contributed by atoms with Gasteiger partial charge in [-0.3, -0.25) is 4.68 Å². The van der Waals surface area contributed by atoms with E-state index in [9.17, 15) is 5.11 Å². The van der Waals surface area contributed by atoms with E-state index in [1.165, 1.54) is 0 Å². The molecule has 1 atom stereocenters. The monoisotopic (exact) mass is 275 g/mol. The quantitative estimate of drug-likeness (QED) is 0.838. The van der Waals surface area contributed by atoms with E-state index in [1.54, 1.807) is 18.0 Å². The molecule has 1 heterocycles. The highest BCUT2D eigenvalue weighted by Crippen LogP contribution is 2.35. The summed E-state index contributed by atoms with van der Waals surface area (Å²) in [5.41, 5.74) is 5.91. The predicted molar refractivity (Wildman–Crippen MR) is 77.6 cm³/mol. The van der Waals surface area contributed by atoms with Gasteiger partial charge in [0.05, 0.1) is 13.3 Å². The highest BCUT2D eigenvalue weighted by Gasteiger charge is 2.36. The fourth-order valence-corrected chi connectivity index (χ4v) is 2.38. The number of benzene rings is 1. The number of rotatable bonds is 6. The van der Waals surface area contributed by atoms with Crippen LogP contribution in [-0.2, 0) is 12.1 Å². The van der Waals surface area contributed by atoms with E-state index in [4.69, 9.17) is 10.5 Å². The van der Waals surface area contributed by atoms with E-state index < -0.39 is 5.60 Å². The molecule has 1 aromatic carbocycles. The van der Waals surface area contributed by atoms with E-state index in [0.29, 0.717) is 18.0 Å². The van der Waals surface area contributed by atoms with Crippen molar-refractivity contribution in [3.8, 4) is 5.75 Å². The normalized spacial score (nSPS) is 14.0. The molecule has 0 aliphatic heterocycles. The largest absolute Gasteiger partial charge is 0.493 e. The first-order chi connectivity index (χ1) is 9.67. The van der Waals surface area contributed by atoms with Gasteiger partial charge in [0.25, 0.3) is 0 Å². The van der Waals surface area contributed by atoms with Crippen molar-refractivity contribution >= 4 is 0 Å². The average molecular weight is 275 g/mol. The third-order valence-corrected chi connectivity index (χ3v) is 3.40. The Morgan fingerprint density at radius 1 is 1.35 bits per heavy atom. The molecule has 0 saturated carbocycles. The van der Waals surface area contributed by atoms with Crippen LogP contribution in [0.25, 0.3) is 0 Å². The fourth-order valence-electron chi connectivity index (χ4n) is 2.38. The van der Waals surface area contributed by atoms with Crippen LogP contribution in [0.4, 0.5) is 0 Å². The standard InChI is InChI=1S/C15H21N3O2/c1-3-9-18-14(13(20-2)10-17-18)15(19,11-16)12-7-5-4-6-8-12/h4-8,10,19H,3,9,11,16H2,1-2H3. The topological polar surface area (TPSA) is 73.3 Å². The van der Waals surface area contributed by atoms with Gasteiger partial charge in [0.2, 0.25) is 0 Å². The number of nitrogens with zero attached hydrogens (tertiary/aromatic N) is 2. The lowest BCUT2D eigenvalue weighted by Gasteiger charge is -2.28. The van der Waals surface area contributed by atoms with Gasteiger partial charge in [0.1, 0.15) is 11.3 Å². The van der Waals surface area contributed by atoms with E-state index in [-0.39, 0.29) is 6.54 Å². The lowest BCUT2D eigenvalue weighted by atomic mass is 9.90. The number of aromatic nitrogens is 2. The maximum Gasteiger partial charge on any atom is 0.163 e. The van der Waals surface area contributed by atoms with Crippen molar-refractivity contribution in [3.05, 3.63) is 47.8 Å². The first-order valence-electron chi connectivity index (χ1n) is 6.75. The van der Waals surface area contributed by atoms with Gasteiger partial charge in [-0.15, -0.1) is 0 Å². The van der Waals surface area contributed by atoms with Crippen molar-refractivity contribution < 1.29 is 9.84 Å². The molecule has 0 bridgehead atoms. The van der Waals surface area contributed by atoms with E-state index in [0.717, 1.165) is 12.0 Å². The summed E-state index contributed by atoms with van der Waals surface area (Å²) in [6, 6.07) is 9.37. The van der Waals surface area contributed by atoms with Gasteiger partial charge in [-0.1, -0.05) is 37.3 Å². The summed E-state index contributed by atoms with van der Waals surface area (Å²) in [7, 11) is 1.57. The number of ether oxygens (including phenoxy) is 1. The summed E-state index contributed by atoms with van der Waals surface area (Å²) in [6.07, 6.45) is 2.53. The summed E-state index contributed by atoms with van der Waals surface area (Å²) in [5, 5.41) is 15.4. The second-order valence-electron chi connectivity index (χ2n) is 4.72. The first kappa shape index (κ1) is 14.6. The van der Waals surface area contributed by atoms with Crippen LogP contribution in [-0.4, -0.2) is 28.5 Å². The highest BCUT2D eigenvalue weighted by molar-refractivity contribution is 5.40. The van der Waals surface area contributed by atoms with Crippen LogP contribution in [0, 0.1) is 0 Å². The van der Waals surface area contributed by atoms with Crippen LogP contribution < -0.4 is 10.5 Å². The first-order valence-corrected chi connectivity index (χ1v) is 6.75. The minimum atomic E-state index is -1.31. The van der Waals surface area contributed by atoms with Gasteiger partial charge < -0.3 is 15.6 Å². The molecule has 0 spiro atoms. The highest BCUT2D eigenvalue weighted by atomic mass is 16.5. The smallest absolute Gasteiger partial charge is 0.163 e. The van der Waals surface area contributed by atoms with Gasteiger partial charge in [-0.05, 0) is 12.0 Å². The molecule has 5 heteroatoms. The van der Waals surface area contributed by atoms with Gasteiger partial charge >= 0.3 is 0 Å². The number of aliphatic hydroxyl groups is 1. The van der Waals surface area contributed by atoms with Crippen LogP contribution >= 0.6 is 0 Å². The zero-order chi connectivity index (χ0) is 14.6. The molecule has 1 unspecified atom stereocenters. The van der Waals surface area contributed by atoms with Crippen LogP contribution in [0.15, 0.2) is 36.5 Å². The Balaban J connectivity index is 2.58. The molecule has 20 heavy (non-hydrogen) atoms. The molecule has 108 valence electrons. The Kier molecular flexibility index (Phi) is 4.42. The number of aryl methyl sites for hydroxylation is 1. The summed E-state index contributed by atoms with van der Waals surface area (Å²) in [5.74, 6) is 0.551. The minimum absolute atomic E-state index is 0.0583. The van der Waals surface area contributed by atoms with Gasteiger partial charge in [0.15, 0.2) is 5.75 Å². The van der Waals surface area contributed by atoms with Crippen LogP contribution in [0.1, 0.15) is 24.6 Å². The lowest BCUT2D eigenvalue weighted by molar-refractivity contribution is 0.0768. The third-order valence-electron chi connectivity index (χ3n) is 3.40. The van der Waals surface area contributed by atoms with E-state index >= 15 is 0 Å². The molecule has 5 nitrogen and oxygen atoms in total. The Bertz CT molecular complexity index is 554. The Hall–Kier alpha value is -1.85. The molecule has 0 aliphatic rings. The zero-order valence-electron chi connectivity index (χ0n) is 11.9. The van der Waals surface area contributed by atoms with Crippen molar-refractivity contribution in [3.63, 3.8) is 0 Å². The van der Waals surface area contributed by atoms with Crippen molar-refractivity contribution in [1.82, 2.24) is 9.78 Å². The maximum absolute atomic E-state index is 11.1. The average Bonchev–Trinajstić information content (AvgIpc) is 2.91. The van der Waals surface area contributed by atoms with Crippen molar-refractivity contribution in [2.45, 2.75) is 25.5 Å². The van der Waals surface area contributed by atoms with Crippen LogP contribution in [0.2, 0.25) is 0 Å². The minimum Gasteiger partial charge on any atom is -0.493 e. The van der Waals surface area contributed by atoms with Crippen molar-refractivity contribution in [2.24, 2.45) is 5.73 Å². The Morgan fingerprint density at radius 2 is 2.05 bits per heavy atom. The number of methoxy groups -OCH3 is 1. The molecular formula is C15H21N3O2. The van der Waals surface area contributed by atoms with E-state index in [2.05, 4.69) is 12.0 Å². The summed E-state index contributed by atoms with van der Waals surface area (Å²) < 4.78 is 7.11. The summed E-state index contributed by atoms with van der Waals surface area (Å²) >= 11 is 0. The number of hydrogen-bond acceptors (Lipinski definition) is 4. The molecule has 0 fully saturated rings. The number of hydrogen-bond donors (Lipinski definition) is 2. The molecule has 3 N–H and O–H groups in total. The fraction of sp³-hybridized carbons (Fsp3) is 0.400. The Morgan fingerprint density at radius 3 is 2.60 bits per heavy atom. The molecule has 1 aromatic heterocycles. The van der Waals surface area contributed by atoms with Crippen molar-refractivity contribution in [2.75, 3.05) is 13.7 Å². The van der Waals surface area contributed by atoms with Crippen LogP contribution in [0.5, 0.6) is 5.75 Å². The maximum atomic E-state index is 11.1. The summed E-state index contributed by atoms with van der Waals surface area (Å²) in [4.78, 5) is 0. The van der Waals surface area contributed by atoms with Gasteiger partial charge in [-0.2, -0.15) is 5.10 Å². The second-order valence-corrected chi connectivity index (χ2v) is 4.72. The molecule has 2 rings (SSSR count). The molecule has 0 amide bonds. The molecule has 0 saturated heterocycles. The molecule has 0 radical (unpaired) electrons. The molecule has 2 aromatic rings. The predicted octanol–water partition coefficient (Wildman–Crippen LogP) is 1.50. The van der Waals surface area contributed by atoms with E-state index in [1.807, 2.05) is 30.3 Å². The third kappa shape index (κ3) is 2.42.